The van der Waals surface area contributed by atoms with Crippen molar-refractivity contribution < 1.29 is 64.6 Å². The highest BCUT2D eigenvalue weighted by Gasteiger charge is 2.51. The van der Waals surface area contributed by atoms with Crippen LogP contribution < -0.4 is 5.32 Å². The first-order chi connectivity index (χ1) is 46.6. The molecular weight excluding hydrogens is 1190 g/mol. The molecule has 2 aliphatic rings. The zero-order valence-electron chi connectivity index (χ0n) is 59.6. The summed E-state index contributed by atoms with van der Waals surface area (Å²) in [4.78, 5) is 13.4. The number of aliphatic hydroxyl groups is 8. The van der Waals surface area contributed by atoms with Crippen LogP contribution in [0.2, 0.25) is 0 Å². The van der Waals surface area contributed by atoms with Crippen LogP contribution in [0.4, 0.5) is 0 Å². The monoisotopic (exact) mass is 1330 g/mol. The molecule has 0 radical (unpaired) electrons. The quantitative estimate of drug-likeness (QED) is 0.0204. The number of carbonyl (C=O) groups excluding carboxylic acids is 1. The lowest BCUT2D eigenvalue weighted by atomic mass is 9.97. The molecule has 0 aromatic carbocycles. The van der Waals surface area contributed by atoms with Crippen molar-refractivity contribution in [3.8, 4) is 0 Å². The fourth-order valence-electron chi connectivity index (χ4n) is 11.9. The molecular formula is C81H139NO13. The van der Waals surface area contributed by atoms with E-state index < -0.39 is 86.8 Å². The Bertz CT molecular complexity index is 2060. The molecule has 2 saturated heterocycles. The molecule has 2 aliphatic heterocycles. The van der Waals surface area contributed by atoms with Gasteiger partial charge >= 0.3 is 0 Å². The van der Waals surface area contributed by atoms with Crippen LogP contribution in [0, 0.1) is 0 Å². The number of carbonyl (C=O) groups is 1. The third-order valence-electron chi connectivity index (χ3n) is 17.9. The minimum Gasteiger partial charge on any atom is -0.394 e. The van der Waals surface area contributed by atoms with Crippen LogP contribution in [0.1, 0.15) is 290 Å². The van der Waals surface area contributed by atoms with Crippen LogP contribution in [0.5, 0.6) is 0 Å². The summed E-state index contributed by atoms with van der Waals surface area (Å²) < 4.78 is 22.9. The Kier molecular flexibility index (Phi) is 58.8. The molecule has 0 aromatic rings. The largest absolute Gasteiger partial charge is 0.394 e. The fourth-order valence-corrected chi connectivity index (χ4v) is 11.9. The second-order valence-electron chi connectivity index (χ2n) is 26.4. The summed E-state index contributed by atoms with van der Waals surface area (Å²) in [6.07, 6.45) is 76.9. The van der Waals surface area contributed by atoms with Gasteiger partial charge in [0.1, 0.15) is 48.8 Å². The highest BCUT2D eigenvalue weighted by Crippen LogP contribution is 2.30. The van der Waals surface area contributed by atoms with Crippen molar-refractivity contribution in [1.29, 1.82) is 0 Å². The van der Waals surface area contributed by atoms with Crippen molar-refractivity contribution in [2.24, 2.45) is 0 Å². The molecule has 0 bridgehead atoms. The highest BCUT2D eigenvalue weighted by atomic mass is 16.7. The Labute approximate surface area is 578 Å². The number of rotatable bonds is 62. The van der Waals surface area contributed by atoms with E-state index in [1.54, 1.807) is 6.08 Å². The second kappa shape index (κ2) is 63.8. The standard InChI is InChI=1S/C81H139NO13/c1-3-5-7-9-11-13-15-17-19-21-23-25-27-29-31-32-33-34-35-36-37-38-39-41-43-45-47-49-51-53-55-57-59-61-63-65-73(86)82-69(68-92-80-78(91)76(89)79(72(67-84)94-80)95-81-77(90)75(88)74(87)71(66-83)93-81)70(85)64-62-60-58-56-54-52-50-48-46-44-42-40-30-28-26-24-22-20-18-16-14-12-10-8-6-4-2/h5,7,11,13,17,19,23,25,29,31,33-34,36-37,39,41,54,56,62,64,69-72,74-81,83-85,87-91H,3-4,6,8-10,12,14-16,18,20-22,24,26-28,30,32,35,38,40,42-53,55,57-61,63,65-68H2,1-2H3,(H,82,86)/b7-5-,13-11-,19-17-,25-23-,31-29-,34-33-,37-36-,41-39-,56-54+,64-62+. The number of hydrogen-bond donors (Lipinski definition) is 9. The first kappa shape index (κ1) is 87.5. The molecule has 0 aliphatic carbocycles. The topological polar surface area (TPSA) is 228 Å². The molecule has 12 atom stereocenters. The normalized spacial score (nSPS) is 23.1. The van der Waals surface area contributed by atoms with Crippen LogP contribution in [0.25, 0.3) is 0 Å². The van der Waals surface area contributed by atoms with Gasteiger partial charge in [0.2, 0.25) is 5.91 Å². The number of aliphatic hydroxyl groups excluding tert-OH is 8. The molecule has 14 heteroatoms. The highest BCUT2D eigenvalue weighted by molar-refractivity contribution is 5.76. The van der Waals surface area contributed by atoms with E-state index in [1.807, 2.05) is 6.08 Å². The fraction of sp³-hybridized carbons (Fsp3) is 0.741. The van der Waals surface area contributed by atoms with Gasteiger partial charge in [0, 0.05) is 6.42 Å². The molecule has 2 heterocycles. The summed E-state index contributed by atoms with van der Waals surface area (Å²) >= 11 is 0. The maximum Gasteiger partial charge on any atom is 0.220 e. The van der Waals surface area contributed by atoms with Gasteiger partial charge in [0.25, 0.3) is 0 Å². The third-order valence-corrected chi connectivity index (χ3v) is 17.9. The lowest BCUT2D eigenvalue weighted by molar-refractivity contribution is -0.359. The van der Waals surface area contributed by atoms with Gasteiger partial charge in [0.05, 0.1) is 32.0 Å². The summed E-state index contributed by atoms with van der Waals surface area (Å²) in [5.41, 5.74) is 0. The smallest absolute Gasteiger partial charge is 0.220 e. The summed E-state index contributed by atoms with van der Waals surface area (Å²) in [6, 6.07) is -0.944. The lowest BCUT2D eigenvalue weighted by Crippen LogP contribution is -2.65. The second-order valence-corrected chi connectivity index (χ2v) is 26.4. The average molecular weight is 1330 g/mol. The zero-order valence-corrected chi connectivity index (χ0v) is 59.6. The molecule has 1 amide bonds. The van der Waals surface area contributed by atoms with Crippen molar-refractivity contribution >= 4 is 5.91 Å². The van der Waals surface area contributed by atoms with Crippen molar-refractivity contribution in [2.75, 3.05) is 19.8 Å². The number of nitrogens with one attached hydrogen (secondary N) is 1. The van der Waals surface area contributed by atoms with E-state index in [0.29, 0.717) is 12.8 Å². The first-order valence-electron chi connectivity index (χ1n) is 38.3. The van der Waals surface area contributed by atoms with Gasteiger partial charge in [0.15, 0.2) is 12.6 Å². The van der Waals surface area contributed by atoms with E-state index in [4.69, 9.17) is 18.9 Å². The maximum absolute atomic E-state index is 13.4. The zero-order chi connectivity index (χ0) is 68.7. The van der Waals surface area contributed by atoms with Gasteiger partial charge in [-0.15, -0.1) is 0 Å². The molecule has 0 spiro atoms. The number of unbranched alkanes of at least 4 members (excludes halogenated alkanes) is 31. The van der Waals surface area contributed by atoms with E-state index in [2.05, 4.69) is 129 Å². The Morgan fingerprint density at radius 2 is 0.737 bits per heavy atom. The number of allylic oxidation sites excluding steroid dienone is 19. The molecule has 95 heavy (non-hydrogen) atoms. The minimum atomic E-state index is -1.80. The lowest BCUT2D eigenvalue weighted by Gasteiger charge is -2.46. The first-order valence-corrected chi connectivity index (χ1v) is 38.3. The molecule has 12 unspecified atom stereocenters. The summed E-state index contributed by atoms with van der Waals surface area (Å²) in [7, 11) is 0. The Morgan fingerprint density at radius 1 is 0.389 bits per heavy atom. The van der Waals surface area contributed by atoms with E-state index in [-0.39, 0.29) is 18.9 Å². The van der Waals surface area contributed by atoms with Crippen LogP contribution in [-0.2, 0) is 23.7 Å². The summed E-state index contributed by atoms with van der Waals surface area (Å²) in [5, 5.41) is 87.6. The average Bonchev–Trinajstić information content (AvgIpc) is 0.800. The molecule has 546 valence electrons. The van der Waals surface area contributed by atoms with Gasteiger partial charge in [-0.25, -0.2) is 0 Å². The van der Waals surface area contributed by atoms with Gasteiger partial charge in [-0.05, 0) is 96.3 Å². The molecule has 0 saturated carbocycles. The van der Waals surface area contributed by atoms with E-state index >= 15 is 0 Å². The molecule has 14 nitrogen and oxygen atoms in total. The van der Waals surface area contributed by atoms with E-state index in [9.17, 15) is 45.6 Å². The third kappa shape index (κ3) is 47.1. The van der Waals surface area contributed by atoms with Crippen molar-refractivity contribution in [1.82, 2.24) is 5.32 Å². The van der Waals surface area contributed by atoms with Crippen LogP contribution in [0.15, 0.2) is 122 Å². The van der Waals surface area contributed by atoms with E-state index in [0.717, 1.165) is 89.9 Å². The molecule has 2 fully saturated rings. The maximum atomic E-state index is 13.4. The Hall–Kier alpha value is -3.61. The van der Waals surface area contributed by atoms with Gasteiger partial charge in [-0.3, -0.25) is 4.79 Å². The van der Waals surface area contributed by atoms with Gasteiger partial charge in [-0.2, -0.15) is 0 Å². The molecule has 2 rings (SSSR count). The van der Waals surface area contributed by atoms with Crippen molar-refractivity contribution in [3.63, 3.8) is 0 Å². The van der Waals surface area contributed by atoms with Crippen molar-refractivity contribution in [3.05, 3.63) is 122 Å². The van der Waals surface area contributed by atoms with Crippen LogP contribution in [0.3, 0.4) is 0 Å². The van der Waals surface area contributed by atoms with Gasteiger partial charge in [-0.1, -0.05) is 309 Å². The SMILES string of the molecule is CC/C=C\C/C=C\C/C=C\C/C=C\C/C=C\C/C=C\C/C=C\C/C=C\CCCCCCCCCCCCC(=O)NC(COC1OC(CO)C(OC2OC(CO)C(O)C(O)C2O)C(O)C1O)C(O)/C=C/CC/C=C/CCCCCCCCCCCCCCCCCCCCCC. The Morgan fingerprint density at radius 3 is 1.16 bits per heavy atom. The Balaban J connectivity index is 1.67. The van der Waals surface area contributed by atoms with Crippen LogP contribution >= 0.6 is 0 Å². The van der Waals surface area contributed by atoms with Crippen molar-refractivity contribution in [2.45, 2.75) is 364 Å². The number of hydrogen-bond acceptors (Lipinski definition) is 13. The predicted molar refractivity (Wildman–Crippen MR) is 392 cm³/mol. The minimum absolute atomic E-state index is 0.256. The van der Waals surface area contributed by atoms with Gasteiger partial charge < -0.3 is 65.1 Å². The summed E-state index contributed by atoms with van der Waals surface area (Å²) in [6.45, 7) is 2.69. The van der Waals surface area contributed by atoms with E-state index in [1.165, 1.54) is 167 Å². The molecule has 9 N–H and O–H groups in total. The summed E-state index contributed by atoms with van der Waals surface area (Å²) in [5.74, 6) is -0.256. The predicted octanol–water partition coefficient (Wildman–Crippen LogP) is 16.8. The number of amides is 1. The molecule has 0 aromatic heterocycles. The van der Waals surface area contributed by atoms with Crippen LogP contribution in [-0.4, -0.2) is 140 Å². The number of ether oxygens (including phenoxy) is 4.